The van der Waals surface area contributed by atoms with Gasteiger partial charge < -0.3 is 10.0 Å². The van der Waals surface area contributed by atoms with Gasteiger partial charge in [-0.25, -0.2) is 0 Å². The first-order chi connectivity index (χ1) is 8.97. The SMILES string of the molecule is O=C(O)CN(CC1CC1)C(=O)c1cc(Cl)ccc1I. The Labute approximate surface area is 129 Å². The summed E-state index contributed by atoms with van der Waals surface area (Å²) in [7, 11) is 0. The van der Waals surface area contributed by atoms with E-state index in [-0.39, 0.29) is 12.5 Å². The lowest BCUT2D eigenvalue weighted by Gasteiger charge is -2.21. The van der Waals surface area contributed by atoms with Crippen LogP contribution in [0.5, 0.6) is 0 Å². The Morgan fingerprint density at radius 1 is 1.42 bits per heavy atom. The first kappa shape index (κ1) is 14.6. The monoisotopic (exact) mass is 393 g/mol. The first-order valence-corrected chi connectivity index (χ1v) is 7.39. The number of benzene rings is 1. The number of carboxylic acid groups (broad SMARTS) is 1. The Morgan fingerprint density at radius 2 is 2.11 bits per heavy atom. The average Bonchev–Trinajstić information content (AvgIpc) is 3.14. The molecule has 1 fully saturated rings. The van der Waals surface area contributed by atoms with Crippen LogP contribution in [0.1, 0.15) is 23.2 Å². The Kier molecular flexibility index (Phi) is 4.67. The normalized spacial score (nSPS) is 14.2. The summed E-state index contributed by atoms with van der Waals surface area (Å²) in [5, 5.41) is 9.39. The van der Waals surface area contributed by atoms with E-state index in [4.69, 9.17) is 16.7 Å². The van der Waals surface area contributed by atoms with Crippen LogP contribution in [-0.2, 0) is 4.79 Å². The lowest BCUT2D eigenvalue weighted by atomic mass is 10.2. The maximum atomic E-state index is 12.4. The molecule has 4 nitrogen and oxygen atoms in total. The number of carbonyl (C=O) groups excluding carboxylic acids is 1. The predicted molar refractivity (Wildman–Crippen MR) is 80.4 cm³/mol. The van der Waals surface area contributed by atoms with E-state index < -0.39 is 5.97 Å². The Hall–Kier alpha value is -0.820. The molecule has 1 aliphatic rings. The number of hydrogen-bond acceptors (Lipinski definition) is 2. The van der Waals surface area contributed by atoms with E-state index >= 15 is 0 Å². The maximum absolute atomic E-state index is 12.4. The van der Waals surface area contributed by atoms with E-state index in [1.165, 1.54) is 4.90 Å². The molecule has 1 N–H and O–H groups in total. The van der Waals surface area contributed by atoms with Crippen LogP contribution in [0, 0.1) is 9.49 Å². The van der Waals surface area contributed by atoms with Crippen molar-refractivity contribution in [2.75, 3.05) is 13.1 Å². The summed E-state index contributed by atoms with van der Waals surface area (Å²) in [4.78, 5) is 24.7. The van der Waals surface area contributed by atoms with Crippen molar-refractivity contribution in [1.29, 1.82) is 0 Å². The van der Waals surface area contributed by atoms with Gasteiger partial charge in [-0.2, -0.15) is 0 Å². The second-order valence-electron chi connectivity index (χ2n) is 4.65. The maximum Gasteiger partial charge on any atom is 0.323 e. The standard InChI is InChI=1S/C13H13ClINO3/c14-9-3-4-11(15)10(5-9)13(19)16(7-12(17)18)6-8-1-2-8/h3-5,8H,1-2,6-7H2,(H,17,18). The van der Waals surface area contributed by atoms with Crippen LogP contribution in [-0.4, -0.2) is 35.0 Å². The Bertz CT molecular complexity index is 517. The van der Waals surface area contributed by atoms with E-state index in [1.807, 2.05) is 0 Å². The summed E-state index contributed by atoms with van der Waals surface area (Å²) in [6.45, 7) is 0.242. The van der Waals surface area contributed by atoms with E-state index in [1.54, 1.807) is 18.2 Å². The summed E-state index contributed by atoms with van der Waals surface area (Å²) in [6.07, 6.45) is 2.13. The lowest BCUT2D eigenvalue weighted by molar-refractivity contribution is -0.137. The Balaban J connectivity index is 2.21. The van der Waals surface area contributed by atoms with E-state index in [0.717, 1.165) is 16.4 Å². The molecule has 0 heterocycles. The lowest BCUT2D eigenvalue weighted by Crippen LogP contribution is -2.37. The summed E-state index contributed by atoms with van der Waals surface area (Å²) in [5.41, 5.74) is 0.468. The third kappa shape index (κ3) is 4.07. The first-order valence-electron chi connectivity index (χ1n) is 5.93. The highest BCUT2D eigenvalue weighted by molar-refractivity contribution is 14.1. The highest BCUT2D eigenvalue weighted by atomic mass is 127. The van der Waals surface area contributed by atoms with Crippen LogP contribution in [0.15, 0.2) is 18.2 Å². The fourth-order valence-corrected chi connectivity index (χ4v) is 2.56. The fourth-order valence-electron chi connectivity index (χ4n) is 1.83. The largest absolute Gasteiger partial charge is 0.480 e. The van der Waals surface area contributed by atoms with Crippen molar-refractivity contribution in [1.82, 2.24) is 4.90 Å². The Morgan fingerprint density at radius 3 is 2.68 bits per heavy atom. The second-order valence-corrected chi connectivity index (χ2v) is 6.25. The fraction of sp³-hybridized carbons (Fsp3) is 0.385. The number of nitrogens with zero attached hydrogens (tertiary/aromatic N) is 1. The molecule has 1 aromatic rings. The predicted octanol–water partition coefficient (Wildman–Crippen LogP) is 2.88. The molecule has 1 amide bonds. The van der Waals surface area contributed by atoms with Gasteiger partial charge in [0.1, 0.15) is 6.54 Å². The molecule has 0 unspecified atom stereocenters. The van der Waals surface area contributed by atoms with Gasteiger partial charge in [-0.05, 0) is 59.5 Å². The zero-order chi connectivity index (χ0) is 14.0. The van der Waals surface area contributed by atoms with Crippen molar-refractivity contribution < 1.29 is 14.7 Å². The van der Waals surface area contributed by atoms with Gasteiger partial charge in [-0.15, -0.1) is 0 Å². The topological polar surface area (TPSA) is 57.6 Å². The number of rotatable bonds is 5. The van der Waals surface area contributed by atoms with Gasteiger partial charge in [-0.3, -0.25) is 9.59 Å². The molecule has 0 spiro atoms. The molecular formula is C13H13ClINO3. The average molecular weight is 394 g/mol. The van der Waals surface area contributed by atoms with Gasteiger partial charge in [-0.1, -0.05) is 11.6 Å². The quantitative estimate of drug-likeness (QED) is 0.783. The summed E-state index contributed by atoms with van der Waals surface area (Å²) >= 11 is 7.95. The minimum atomic E-state index is -0.994. The van der Waals surface area contributed by atoms with Gasteiger partial charge in [0.15, 0.2) is 0 Å². The molecule has 1 aromatic carbocycles. The highest BCUT2D eigenvalue weighted by Crippen LogP contribution is 2.30. The van der Waals surface area contributed by atoms with Gasteiger partial charge in [0.2, 0.25) is 0 Å². The minimum absolute atomic E-state index is 0.263. The number of carbonyl (C=O) groups is 2. The van der Waals surface area contributed by atoms with Gasteiger partial charge >= 0.3 is 5.97 Å². The van der Waals surface area contributed by atoms with Gasteiger partial charge in [0, 0.05) is 15.1 Å². The van der Waals surface area contributed by atoms with Crippen molar-refractivity contribution in [3.63, 3.8) is 0 Å². The molecule has 1 aliphatic carbocycles. The van der Waals surface area contributed by atoms with E-state index in [9.17, 15) is 9.59 Å². The van der Waals surface area contributed by atoms with Crippen LogP contribution in [0.4, 0.5) is 0 Å². The number of amides is 1. The third-order valence-corrected chi connectivity index (χ3v) is 4.12. The molecule has 0 atom stereocenters. The van der Waals surface area contributed by atoms with Crippen molar-refractivity contribution in [2.24, 2.45) is 5.92 Å². The molecule has 0 bridgehead atoms. The zero-order valence-electron chi connectivity index (χ0n) is 10.1. The van der Waals surface area contributed by atoms with Gasteiger partial charge in [0.05, 0.1) is 5.56 Å². The van der Waals surface area contributed by atoms with Crippen molar-refractivity contribution in [2.45, 2.75) is 12.8 Å². The van der Waals surface area contributed by atoms with Crippen LogP contribution in [0.3, 0.4) is 0 Å². The van der Waals surface area contributed by atoms with Crippen LogP contribution in [0.2, 0.25) is 5.02 Å². The van der Waals surface area contributed by atoms with Crippen LogP contribution < -0.4 is 0 Å². The zero-order valence-corrected chi connectivity index (χ0v) is 13.0. The number of carboxylic acids is 1. The van der Waals surface area contributed by atoms with E-state index in [2.05, 4.69) is 22.6 Å². The molecular weight excluding hydrogens is 381 g/mol. The molecule has 102 valence electrons. The van der Waals surface area contributed by atoms with Crippen molar-refractivity contribution >= 4 is 46.1 Å². The molecule has 0 saturated heterocycles. The second kappa shape index (κ2) is 6.09. The number of halogens is 2. The smallest absolute Gasteiger partial charge is 0.323 e. The molecule has 2 rings (SSSR count). The van der Waals surface area contributed by atoms with Crippen molar-refractivity contribution in [3.8, 4) is 0 Å². The number of aliphatic carboxylic acids is 1. The molecule has 6 heteroatoms. The minimum Gasteiger partial charge on any atom is -0.480 e. The van der Waals surface area contributed by atoms with E-state index in [0.29, 0.717) is 23.0 Å². The molecule has 19 heavy (non-hydrogen) atoms. The molecule has 0 radical (unpaired) electrons. The van der Waals surface area contributed by atoms with Crippen molar-refractivity contribution in [3.05, 3.63) is 32.4 Å². The summed E-state index contributed by atoms with van der Waals surface area (Å²) in [6, 6.07) is 5.06. The summed E-state index contributed by atoms with van der Waals surface area (Å²) < 4.78 is 0.776. The number of hydrogen-bond donors (Lipinski definition) is 1. The molecule has 0 aliphatic heterocycles. The summed E-state index contributed by atoms with van der Waals surface area (Å²) in [5.74, 6) is -0.813. The van der Waals surface area contributed by atoms with Crippen LogP contribution in [0.25, 0.3) is 0 Å². The molecule has 1 saturated carbocycles. The third-order valence-electron chi connectivity index (χ3n) is 2.95. The van der Waals surface area contributed by atoms with Crippen LogP contribution >= 0.6 is 34.2 Å². The highest BCUT2D eigenvalue weighted by Gasteiger charge is 2.29. The molecule has 0 aromatic heterocycles. The van der Waals surface area contributed by atoms with Gasteiger partial charge in [0.25, 0.3) is 5.91 Å².